The number of nitrogens with one attached hydrogen (secondary N) is 2. The molecule has 4 N–H and O–H groups in total. The Morgan fingerprint density at radius 3 is 2.34 bits per heavy atom. The van der Waals surface area contributed by atoms with Crippen LogP contribution in [0.3, 0.4) is 0 Å². The number of anilines is 2. The number of nitrogens with zero attached hydrogens (tertiary/aromatic N) is 7. The van der Waals surface area contributed by atoms with Crippen molar-refractivity contribution in [1.82, 2.24) is 35.7 Å². The van der Waals surface area contributed by atoms with E-state index in [1.165, 1.54) is 4.90 Å². The molecule has 302 valence electrons. The minimum atomic E-state index is -0.988. The molecule has 2 aliphatic heterocycles. The predicted octanol–water partition coefficient (Wildman–Crippen LogP) is 4.99. The molecule has 5 aromatic rings. The second-order valence-electron chi connectivity index (χ2n) is 16.0. The Hall–Kier alpha value is -5.93. The smallest absolute Gasteiger partial charge is 0.252 e. The molecule has 5 heterocycles. The van der Waals surface area contributed by atoms with Gasteiger partial charge in [0.05, 0.1) is 45.8 Å². The zero-order chi connectivity index (χ0) is 41.1. The van der Waals surface area contributed by atoms with Crippen LogP contribution in [-0.4, -0.2) is 104 Å². The highest BCUT2D eigenvalue weighted by Gasteiger charge is 2.45. The molecule has 7 rings (SSSR count). The van der Waals surface area contributed by atoms with Crippen molar-refractivity contribution in [3.63, 3.8) is 0 Å². The third-order valence-corrected chi connectivity index (χ3v) is 11.8. The van der Waals surface area contributed by atoms with Crippen molar-refractivity contribution >= 4 is 40.6 Å². The van der Waals surface area contributed by atoms with Crippen molar-refractivity contribution in [2.75, 3.05) is 42.5 Å². The number of thiazole rings is 1. The second-order valence-corrected chi connectivity index (χ2v) is 16.8. The molecule has 0 unspecified atom stereocenters. The molecule has 2 fully saturated rings. The summed E-state index contributed by atoms with van der Waals surface area (Å²) in [5, 5.41) is 35.4. The molecule has 58 heavy (non-hydrogen) atoms. The lowest BCUT2D eigenvalue weighted by Gasteiger charge is -2.37. The Kier molecular flexibility index (Phi) is 11.7. The summed E-state index contributed by atoms with van der Waals surface area (Å²) in [7, 11) is 0. The van der Waals surface area contributed by atoms with Crippen LogP contribution in [-0.2, 0) is 9.59 Å². The molecule has 2 saturated heterocycles. The number of aromatic nitrogens is 4. The number of benzene rings is 2. The number of β-amino-alcohol motifs (C(OH)–C–C–N with tert-alkyl or cyclic N) is 1. The van der Waals surface area contributed by atoms with Gasteiger partial charge in [0.1, 0.15) is 23.7 Å². The number of piperazine rings is 1. The number of pyridine rings is 1. The number of hydrogen-bond donors (Lipinski definition) is 4. The van der Waals surface area contributed by atoms with E-state index in [0.29, 0.717) is 48.8 Å². The lowest BCUT2D eigenvalue weighted by Crippen LogP contribution is -2.57. The maximum atomic E-state index is 14.3. The summed E-state index contributed by atoms with van der Waals surface area (Å²) in [5.74, 6) is -0.470. The normalized spacial score (nSPS) is 18.1. The van der Waals surface area contributed by atoms with Gasteiger partial charge in [0, 0.05) is 56.5 Å². The Morgan fingerprint density at radius 1 is 0.931 bits per heavy atom. The van der Waals surface area contributed by atoms with E-state index in [0.717, 1.165) is 27.4 Å². The number of carbonyl (C=O) groups is 3. The van der Waals surface area contributed by atoms with Gasteiger partial charge in [0.15, 0.2) is 0 Å². The summed E-state index contributed by atoms with van der Waals surface area (Å²) in [6.45, 7) is 12.0. The average molecular weight is 804 g/mol. The summed E-state index contributed by atoms with van der Waals surface area (Å²) < 4.78 is 0. The zero-order valence-corrected chi connectivity index (χ0v) is 34.1. The van der Waals surface area contributed by atoms with Crippen molar-refractivity contribution in [1.29, 1.82) is 0 Å². The van der Waals surface area contributed by atoms with Crippen molar-refractivity contribution < 1.29 is 24.6 Å². The van der Waals surface area contributed by atoms with Gasteiger partial charge >= 0.3 is 0 Å². The molecule has 3 amide bonds. The third-order valence-electron chi connectivity index (χ3n) is 10.8. The SMILES string of the molecule is Cc1ncsc1-c1ccc([C@H](C)NC(=O)[C@@H]2C[C@@H](O)CN2C(=O)[C@@H](NC(=O)c2ccnc(N3CCN(c4cnnc(-c5ccccc5O)c4)CC3)c2)C(C)(C)C)cc1. The number of aliphatic hydroxyl groups is 1. The molecule has 0 spiro atoms. The molecule has 4 atom stereocenters. The maximum absolute atomic E-state index is 14.3. The number of amides is 3. The number of phenols is 1. The Morgan fingerprint density at radius 2 is 1.66 bits per heavy atom. The van der Waals surface area contributed by atoms with Gasteiger partial charge in [-0.1, -0.05) is 57.2 Å². The molecule has 3 aromatic heterocycles. The Labute approximate surface area is 342 Å². The van der Waals surface area contributed by atoms with E-state index < -0.39 is 35.4 Å². The molecule has 0 saturated carbocycles. The van der Waals surface area contributed by atoms with Crippen molar-refractivity contribution in [3.05, 3.63) is 101 Å². The Balaban J connectivity index is 0.989. The first-order valence-corrected chi connectivity index (χ1v) is 20.3. The van der Waals surface area contributed by atoms with Gasteiger partial charge in [-0.3, -0.25) is 14.4 Å². The molecule has 15 heteroatoms. The van der Waals surface area contributed by atoms with E-state index in [1.54, 1.807) is 54.1 Å². The first kappa shape index (κ1) is 40.3. The van der Waals surface area contributed by atoms with E-state index in [2.05, 4.69) is 40.6 Å². The molecular formula is C43H49N9O5S. The van der Waals surface area contributed by atoms with Crippen molar-refractivity contribution in [3.8, 4) is 27.4 Å². The minimum Gasteiger partial charge on any atom is -0.507 e. The summed E-state index contributed by atoms with van der Waals surface area (Å²) in [4.78, 5) is 57.6. The highest BCUT2D eigenvalue weighted by Crippen LogP contribution is 2.32. The van der Waals surface area contributed by atoms with Crippen LogP contribution < -0.4 is 20.4 Å². The highest BCUT2D eigenvalue weighted by molar-refractivity contribution is 7.13. The number of aryl methyl sites for hydroxylation is 1. The summed E-state index contributed by atoms with van der Waals surface area (Å²) in [6, 6.07) is 18.0. The first-order chi connectivity index (χ1) is 27.8. The second kappa shape index (κ2) is 16.9. The van der Waals surface area contributed by atoms with Crippen LogP contribution in [0.1, 0.15) is 61.8 Å². The van der Waals surface area contributed by atoms with Gasteiger partial charge in [-0.15, -0.1) is 11.3 Å². The largest absolute Gasteiger partial charge is 0.507 e. The number of carbonyl (C=O) groups excluding carboxylic acids is 3. The van der Waals surface area contributed by atoms with E-state index in [4.69, 9.17) is 0 Å². The fourth-order valence-electron chi connectivity index (χ4n) is 7.51. The number of aromatic hydroxyl groups is 1. The van der Waals surface area contributed by atoms with Gasteiger partial charge in [0.2, 0.25) is 11.8 Å². The number of rotatable bonds is 10. The fraction of sp³-hybridized carbons (Fsp3) is 0.372. The van der Waals surface area contributed by atoms with Gasteiger partial charge < -0.3 is 35.5 Å². The van der Waals surface area contributed by atoms with Gasteiger partial charge in [-0.05, 0) is 60.7 Å². The summed E-state index contributed by atoms with van der Waals surface area (Å²) >= 11 is 1.58. The van der Waals surface area contributed by atoms with Crippen LogP contribution in [0.4, 0.5) is 11.5 Å². The van der Waals surface area contributed by atoms with E-state index >= 15 is 0 Å². The van der Waals surface area contributed by atoms with Crippen LogP contribution >= 0.6 is 11.3 Å². The number of likely N-dealkylation sites (tertiary alicyclic amines) is 1. The van der Waals surface area contributed by atoms with Crippen LogP contribution in [0.25, 0.3) is 21.7 Å². The molecule has 14 nitrogen and oxygen atoms in total. The predicted molar refractivity (Wildman–Crippen MR) is 223 cm³/mol. The topological polar surface area (TPSA) is 177 Å². The maximum Gasteiger partial charge on any atom is 0.252 e. The van der Waals surface area contributed by atoms with Crippen LogP contribution in [0.2, 0.25) is 0 Å². The number of phenolic OH excluding ortho intramolecular Hbond substituents is 1. The van der Waals surface area contributed by atoms with E-state index in [-0.39, 0.29) is 30.7 Å². The zero-order valence-electron chi connectivity index (χ0n) is 33.3. The van der Waals surface area contributed by atoms with Gasteiger partial charge in [-0.2, -0.15) is 10.2 Å². The van der Waals surface area contributed by atoms with E-state index in [1.807, 2.05) is 76.5 Å². The quantitative estimate of drug-likeness (QED) is 0.150. The Bertz CT molecular complexity index is 2270. The molecule has 0 radical (unpaired) electrons. The van der Waals surface area contributed by atoms with Crippen molar-refractivity contribution in [2.24, 2.45) is 5.41 Å². The van der Waals surface area contributed by atoms with Gasteiger partial charge in [-0.25, -0.2) is 9.97 Å². The number of para-hydroxylation sites is 1. The first-order valence-electron chi connectivity index (χ1n) is 19.4. The minimum absolute atomic E-state index is 0.0202. The standard InChI is InChI=1S/C43H49N9O5S/c1-26(28-10-12-29(13-11-28)38-27(2)45-25-58-38)47-41(56)35-22-32(53)24-52(35)42(57)39(43(3,4)5)48-40(55)30-14-15-44-37(20-30)51-18-16-50(17-19-51)31-21-34(49-46-23-31)33-8-6-7-9-36(33)54/h6-15,20-21,23,25-26,32,35,39,53-54H,16-19,22,24H2,1-5H3,(H,47,56)(H,48,55)/t26-,32+,35-,39+/m0/s1. The lowest BCUT2D eigenvalue weighted by molar-refractivity contribution is -0.142. The molecule has 2 aliphatic rings. The molecular weight excluding hydrogens is 755 g/mol. The van der Waals surface area contributed by atoms with E-state index in [9.17, 15) is 24.6 Å². The molecule has 2 aromatic carbocycles. The fourth-order valence-corrected chi connectivity index (χ4v) is 8.32. The lowest BCUT2D eigenvalue weighted by atomic mass is 9.85. The monoisotopic (exact) mass is 803 g/mol. The molecule has 0 aliphatic carbocycles. The van der Waals surface area contributed by atoms with Crippen LogP contribution in [0.5, 0.6) is 5.75 Å². The van der Waals surface area contributed by atoms with Gasteiger partial charge in [0.25, 0.3) is 5.91 Å². The average Bonchev–Trinajstić information content (AvgIpc) is 3.84. The summed E-state index contributed by atoms with van der Waals surface area (Å²) in [5.41, 5.74) is 6.45. The van der Waals surface area contributed by atoms with Crippen LogP contribution in [0, 0.1) is 12.3 Å². The van der Waals surface area contributed by atoms with Crippen LogP contribution in [0.15, 0.2) is 84.6 Å². The summed E-state index contributed by atoms with van der Waals surface area (Å²) in [6.07, 6.45) is 2.50. The third kappa shape index (κ3) is 8.80. The highest BCUT2D eigenvalue weighted by atomic mass is 32.1. The molecule has 0 bridgehead atoms. The van der Waals surface area contributed by atoms with Crippen molar-refractivity contribution in [2.45, 2.75) is 65.3 Å². The number of hydrogen-bond acceptors (Lipinski definition) is 12. The number of aliphatic hydroxyl groups excluding tert-OH is 1.